The van der Waals surface area contributed by atoms with Crippen LogP contribution in [0.1, 0.15) is 47.2 Å². The molecule has 0 spiro atoms. The number of ketones is 1. The lowest BCUT2D eigenvalue weighted by Crippen LogP contribution is -2.31. The molecule has 1 unspecified atom stereocenters. The van der Waals surface area contributed by atoms with Gasteiger partial charge in [0.1, 0.15) is 0 Å². The molecule has 18 heavy (non-hydrogen) atoms. The summed E-state index contributed by atoms with van der Waals surface area (Å²) in [5.74, 6) is 0.257. The van der Waals surface area contributed by atoms with E-state index in [2.05, 4.69) is 33.4 Å². The highest BCUT2D eigenvalue weighted by molar-refractivity contribution is 9.10. The van der Waals surface area contributed by atoms with Gasteiger partial charge in [-0.3, -0.25) is 4.79 Å². The predicted molar refractivity (Wildman–Crippen MR) is 76.1 cm³/mol. The third-order valence-corrected chi connectivity index (χ3v) is 4.73. The first-order valence-corrected chi connectivity index (χ1v) is 7.64. The van der Waals surface area contributed by atoms with Crippen molar-refractivity contribution in [2.75, 3.05) is 6.54 Å². The molecule has 1 aromatic rings. The number of nitrogens with one attached hydrogen (secondary N) is 1. The topological polar surface area (TPSA) is 29.1 Å². The van der Waals surface area contributed by atoms with Crippen LogP contribution in [0.2, 0.25) is 0 Å². The molecule has 1 fully saturated rings. The number of hydrogen-bond donors (Lipinski definition) is 1. The van der Waals surface area contributed by atoms with Gasteiger partial charge in [0.05, 0.1) is 6.04 Å². The SMILES string of the molecule is O=C(c1cc2c(cc1Br)CCCC2)C1CCCN1. The van der Waals surface area contributed by atoms with Crippen molar-refractivity contribution in [3.05, 3.63) is 33.3 Å². The van der Waals surface area contributed by atoms with Crippen LogP contribution in [0.4, 0.5) is 0 Å². The Morgan fingerprint density at radius 2 is 1.89 bits per heavy atom. The Morgan fingerprint density at radius 1 is 1.17 bits per heavy atom. The third-order valence-electron chi connectivity index (χ3n) is 4.07. The molecule has 0 radical (unpaired) electrons. The molecule has 0 bridgehead atoms. The number of Topliss-reactive ketones (excluding diaryl/α,β-unsaturated/α-hetero) is 1. The summed E-state index contributed by atoms with van der Waals surface area (Å²) in [6, 6.07) is 4.32. The maximum Gasteiger partial charge on any atom is 0.180 e. The molecule has 1 heterocycles. The van der Waals surface area contributed by atoms with Crippen LogP contribution < -0.4 is 5.32 Å². The van der Waals surface area contributed by atoms with Gasteiger partial charge in [-0.15, -0.1) is 0 Å². The van der Waals surface area contributed by atoms with Crippen molar-refractivity contribution in [2.24, 2.45) is 0 Å². The van der Waals surface area contributed by atoms with E-state index >= 15 is 0 Å². The van der Waals surface area contributed by atoms with E-state index in [4.69, 9.17) is 0 Å². The van der Waals surface area contributed by atoms with Crippen molar-refractivity contribution in [2.45, 2.75) is 44.6 Å². The fourth-order valence-corrected chi connectivity index (χ4v) is 3.63. The first kappa shape index (κ1) is 12.4. The maximum absolute atomic E-state index is 12.5. The van der Waals surface area contributed by atoms with Gasteiger partial charge in [0.25, 0.3) is 0 Å². The molecule has 0 saturated carbocycles. The number of rotatable bonds is 2. The number of carbonyl (C=O) groups is 1. The predicted octanol–water partition coefficient (Wildman–Crippen LogP) is 3.26. The van der Waals surface area contributed by atoms with Gasteiger partial charge in [-0.1, -0.05) is 15.9 Å². The van der Waals surface area contributed by atoms with E-state index in [1.165, 1.54) is 24.0 Å². The normalized spacial score (nSPS) is 22.8. The van der Waals surface area contributed by atoms with Gasteiger partial charge in [0.15, 0.2) is 5.78 Å². The van der Waals surface area contributed by atoms with Crippen LogP contribution in [-0.4, -0.2) is 18.4 Å². The smallest absolute Gasteiger partial charge is 0.180 e. The standard InChI is InChI=1S/C15H18BrNO/c16-13-9-11-5-2-1-4-10(11)8-12(13)15(18)14-6-3-7-17-14/h8-9,14,17H,1-7H2. The van der Waals surface area contributed by atoms with Gasteiger partial charge in [-0.2, -0.15) is 0 Å². The molecule has 1 aliphatic carbocycles. The molecule has 2 aliphatic rings. The summed E-state index contributed by atoms with van der Waals surface area (Å²) in [4.78, 5) is 12.5. The van der Waals surface area contributed by atoms with Crippen LogP contribution in [0.5, 0.6) is 0 Å². The van der Waals surface area contributed by atoms with Gasteiger partial charge in [0.2, 0.25) is 0 Å². The average molecular weight is 308 g/mol. The molecule has 3 rings (SSSR count). The van der Waals surface area contributed by atoms with Crippen molar-refractivity contribution in [1.29, 1.82) is 0 Å². The monoisotopic (exact) mass is 307 g/mol. The summed E-state index contributed by atoms with van der Waals surface area (Å²) in [6.07, 6.45) is 6.90. The Hall–Kier alpha value is -0.670. The highest BCUT2D eigenvalue weighted by Gasteiger charge is 2.25. The van der Waals surface area contributed by atoms with E-state index < -0.39 is 0 Å². The van der Waals surface area contributed by atoms with Crippen molar-refractivity contribution < 1.29 is 4.79 Å². The summed E-state index contributed by atoms with van der Waals surface area (Å²) in [5.41, 5.74) is 3.67. The van der Waals surface area contributed by atoms with Crippen LogP contribution in [-0.2, 0) is 12.8 Å². The quantitative estimate of drug-likeness (QED) is 0.850. The maximum atomic E-state index is 12.5. The van der Waals surface area contributed by atoms with Crippen molar-refractivity contribution in [3.63, 3.8) is 0 Å². The zero-order valence-electron chi connectivity index (χ0n) is 10.5. The van der Waals surface area contributed by atoms with Gasteiger partial charge in [-0.25, -0.2) is 0 Å². The highest BCUT2D eigenvalue weighted by atomic mass is 79.9. The fourth-order valence-electron chi connectivity index (χ4n) is 3.04. The summed E-state index contributed by atoms with van der Waals surface area (Å²) < 4.78 is 0.974. The molecular formula is C15H18BrNO. The van der Waals surface area contributed by atoms with E-state index in [-0.39, 0.29) is 11.8 Å². The summed E-state index contributed by atoms with van der Waals surface area (Å²) >= 11 is 3.57. The Bertz CT molecular complexity index is 478. The minimum Gasteiger partial charge on any atom is -0.307 e. The zero-order chi connectivity index (χ0) is 12.5. The summed E-state index contributed by atoms with van der Waals surface area (Å²) in [7, 11) is 0. The second-order valence-corrected chi connectivity index (χ2v) is 6.18. The molecule has 1 atom stereocenters. The second kappa shape index (κ2) is 5.14. The van der Waals surface area contributed by atoms with E-state index in [0.29, 0.717) is 0 Å². The van der Waals surface area contributed by atoms with Crippen molar-refractivity contribution in [1.82, 2.24) is 5.32 Å². The second-order valence-electron chi connectivity index (χ2n) is 5.32. The number of aryl methyl sites for hydroxylation is 2. The lowest BCUT2D eigenvalue weighted by molar-refractivity contribution is 0.0951. The van der Waals surface area contributed by atoms with E-state index in [9.17, 15) is 4.79 Å². The molecule has 96 valence electrons. The molecule has 3 heteroatoms. The Morgan fingerprint density at radius 3 is 2.56 bits per heavy atom. The highest BCUT2D eigenvalue weighted by Crippen LogP contribution is 2.29. The van der Waals surface area contributed by atoms with Crippen LogP contribution in [0, 0.1) is 0 Å². The number of hydrogen-bond acceptors (Lipinski definition) is 2. The van der Waals surface area contributed by atoms with Crippen LogP contribution in [0.15, 0.2) is 16.6 Å². The number of halogens is 1. The van der Waals surface area contributed by atoms with Crippen LogP contribution in [0.3, 0.4) is 0 Å². The molecule has 0 amide bonds. The fraction of sp³-hybridized carbons (Fsp3) is 0.533. The van der Waals surface area contributed by atoms with E-state index in [0.717, 1.165) is 42.3 Å². The first-order chi connectivity index (χ1) is 8.75. The minimum atomic E-state index is 0.0305. The van der Waals surface area contributed by atoms with Gasteiger partial charge in [-0.05, 0) is 68.3 Å². The molecular weight excluding hydrogens is 290 g/mol. The third kappa shape index (κ3) is 2.26. The molecule has 2 nitrogen and oxygen atoms in total. The number of carbonyl (C=O) groups excluding carboxylic acids is 1. The Balaban J connectivity index is 1.93. The molecule has 1 aliphatic heterocycles. The van der Waals surface area contributed by atoms with E-state index in [1.54, 1.807) is 0 Å². The molecule has 0 aromatic heterocycles. The zero-order valence-corrected chi connectivity index (χ0v) is 12.1. The Labute approximate surface area is 116 Å². The van der Waals surface area contributed by atoms with Crippen LogP contribution in [0.25, 0.3) is 0 Å². The average Bonchev–Trinajstić information content (AvgIpc) is 2.91. The minimum absolute atomic E-state index is 0.0305. The molecule has 1 N–H and O–H groups in total. The van der Waals surface area contributed by atoms with Gasteiger partial charge >= 0.3 is 0 Å². The first-order valence-electron chi connectivity index (χ1n) is 6.84. The Kier molecular flexibility index (Phi) is 3.53. The lowest BCUT2D eigenvalue weighted by atomic mass is 9.89. The van der Waals surface area contributed by atoms with Gasteiger partial charge < -0.3 is 5.32 Å². The van der Waals surface area contributed by atoms with Crippen LogP contribution >= 0.6 is 15.9 Å². The summed E-state index contributed by atoms with van der Waals surface area (Å²) in [6.45, 7) is 0.971. The molecule has 1 saturated heterocycles. The largest absolute Gasteiger partial charge is 0.307 e. The molecule has 1 aromatic carbocycles. The lowest BCUT2D eigenvalue weighted by Gasteiger charge is -2.19. The number of benzene rings is 1. The van der Waals surface area contributed by atoms with Gasteiger partial charge in [0, 0.05) is 10.0 Å². The van der Waals surface area contributed by atoms with E-state index in [1.807, 2.05) is 0 Å². The van der Waals surface area contributed by atoms with Crippen molar-refractivity contribution in [3.8, 4) is 0 Å². The summed E-state index contributed by atoms with van der Waals surface area (Å²) in [5, 5.41) is 3.29. The van der Waals surface area contributed by atoms with Crippen molar-refractivity contribution >= 4 is 21.7 Å². The number of fused-ring (bicyclic) bond motifs is 1.